The average Bonchev–Trinajstić information content (AvgIpc) is 3.48. The fourth-order valence-corrected chi connectivity index (χ4v) is 5.09. The molecule has 0 spiro atoms. The van der Waals surface area contributed by atoms with Crippen LogP contribution < -0.4 is 15.5 Å². The molecule has 10 heteroatoms. The van der Waals surface area contributed by atoms with Crippen molar-refractivity contribution in [2.45, 2.75) is 52.6 Å². The van der Waals surface area contributed by atoms with E-state index in [1.807, 2.05) is 32.2 Å². The minimum Gasteiger partial charge on any atom is -0.368 e. The van der Waals surface area contributed by atoms with Crippen molar-refractivity contribution in [3.63, 3.8) is 0 Å². The summed E-state index contributed by atoms with van der Waals surface area (Å²) in [6.07, 6.45) is 3.52. The number of benzene rings is 1. The van der Waals surface area contributed by atoms with Crippen molar-refractivity contribution in [2.75, 3.05) is 23.3 Å². The van der Waals surface area contributed by atoms with Gasteiger partial charge >= 0.3 is 0 Å². The smallest absolute Gasteiger partial charge is 0.250 e. The summed E-state index contributed by atoms with van der Waals surface area (Å²) in [6.45, 7) is 9.62. The normalized spacial score (nSPS) is 20.7. The standard InChI is InChI=1S/C25H29FN8O/c1-13-7-21(30-33-12-16(4)28-24(13)33)29-23-22-19(26)8-18(32-10-14(2)27-15(3)11-32)9-20(22)34(31-23)25(35)17-5-6-17/h7-9,12,14-15,17,27H,5-6,10-11H2,1-4H3,(H,29,30,31)/t14-,15+. The lowest BCUT2D eigenvalue weighted by molar-refractivity contribution is 0.0876. The molecule has 0 amide bonds. The summed E-state index contributed by atoms with van der Waals surface area (Å²) in [7, 11) is 0. The lowest BCUT2D eigenvalue weighted by atomic mass is 10.1. The van der Waals surface area contributed by atoms with Gasteiger partial charge in [0.25, 0.3) is 5.91 Å². The number of aryl methyl sites for hydroxylation is 2. The van der Waals surface area contributed by atoms with Crippen molar-refractivity contribution >= 4 is 39.8 Å². The van der Waals surface area contributed by atoms with E-state index in [9.17, 15) is 4.79 Å². The van der Waals surface area contributed by atoms with E-state index >= 15 is 4.39 Å². The molecular weight excluding hydrogens is 447 g/mol. The van der Waals surface area contributed by atoms with Crippen LogP contribution in [0.1, 0.15) is 42.7 Å². The van der Waals surface area contributed by atoms with Crippen LogP contribution in [0.2, 0.25) is 0 Å². The maximum atomic E-state index is 15.7. The van der Waals surface area contributed by atoms with Crippen LogP contribution in [0, 0.1) is 25.6 Å². The van der Waals surface area contributed by atoms with Crippen LogP contribution in [0.15, 0.2) is 24.4 Å². The molecule has 1 aliphatic carbocycles. The Balaban J connectivity index is 1.45. The summed E-state index contributed by atoms with van der Waals surface area (Å²) in [5.41, 5.74) is 3.80. The van der Waals surface area contributed by atoms with Gasteiger partial charge in [0.1, 0.15) is 5.82 Å². The van der Waals surface area contributed by atoms with E-state index in [0.717, 1.165) is 48.5 Å². The summed E-state index contributed by atoms with van der Waals surface area (Å²) in [4.78, 5) is 19.8. The number of fused-ring (bicyclic) bond motifs is 2. The Labute approximate surface area is 202 Å². The van der Waals surface area contributed by atoms with E-state index in [-0.39, 0.29) is 29.7 Å². The van der Waals surface area contributed by atoms with Crippen molar-refractivity contribution in [2.24, 2.45) is 5.92 Å². The topological polar surface area (TPSA) is 92.4 Å². The molecule has 1 saturated heterocycles. The third kappa shape index (κ3) is 3.91. The highest BCUT2D eigenvalue weighted by atomic mass is 19.1. The first kappa shape index (κ1) is 22.0. The van der Waals surface area contributed by atoms with Crippen LogP contribution in [0.3, 0.4) is 0 Å². The fraction of sp³-hybridized carbons (Fsp3) is 0.440. The molecule has 9 nitrogen and oxygen atoms in total. The zero-order valence-corrected chi connectivity index (χ0v) is 20.3. The molecule has 4 heterocycles. The molecule has 6 rings (SSSR count). The van der Waals surface area contributed by atoms with E-state index < -0.39 is 5.82 Å². The molecule has 0 radical (unpaired) electrons. The third-order valence-electron chi connectivity index (χ3n) is 6.75. The zero-order valence-electron chi connectivity index (χ0n) is 20.3. The second-order valence-corrected chi connectivity index (χ2v) is 10.1. The number of nitrogens with zero attached hydrogens (tertiary/aromatic N) is 6. The van der Waals surface area contributed by atoms with Crippen LogP contribution in [-0.4, -0.2) is 55.5 Å². The van der Waals surface area contributed by atoms with Gasteiger partial charge in [-0.2, -0.15) is 4.68 Å². The second-order valence-electron chi connectivity index (χ2n) is 10.1. The first-order chi connectivity index (χ1) is 16.8. The van der Waals surface area contributed by atoms with Crippen molar-refractivity contribution in [3.8, 4) is 0 Å². The highest BCUT2D eigenvalue weighted by Gasteiger charge is 2.34. The Morgan fingerprint density at radius 2 is 1.86 bits per heavy atom. The van der Waals surface area contributed by atoms with Crippen molar-refractivity contribution < 1.29 is 9.18 Å². The van der Waals surface area contributed by atoms with Gasteiger partial charge in [0, 0.05) is 36.8 Å². The van der Waals surface area contributed by atoms with E-state index in [4.69, 9.17) is 0 Å². The number of rotatable bonds is 4. The Morgan fingerprint density at radius 3 is 2.57 bits per heavy atom. The van der Waals surface area contributed by atoms with Crippen molar-refractivity contribution in [1.82, 2.24) is 29.7 Å². The molecule has 2 N–H and O–H groups in total. The van der Waals surface area contributed by atoms with Gasteiger partial charge in [0.2, 0.25) is 0 Å². The number of hydrogen-bond acceptors (Lipinski definition) is 7. The van der Waals surface area contributed by atoms with E-state index in [1.165, 1.54) is 4.68 Å². The molecule has 0 unspecified atom stereocenters. The summed E-state index contributed by atoms with van der Waals surface area (Å²) >= 11 is 0. The number of hydrogen-bond donors (Lipinski definition) is 2. The highest BCUT2D eigenvalue weighted by molar-refractivity contribution is 6.01. The van der Waals surface area contributed by atoms with Gasteiger partial charge in [0.15, 0.2) is 17.3 Å². The number of anilines is 3. The number of nitrogens with one attached hydrogen (secondary N) is 2. The first-order valence-electron chi connectivity index (χ1n) is 12.1. The fourth-order valence-electron chi connectivity index (χ4n) is 5.09. The van der Waals surface area contributed by atoms with Crippen LogP contribution in [0.5, 0.6) is 0 Å². The molecular formula is C25H29FN8O. The molecule has 35 heavy (non-hydrogen) atoms. The van der Waals surface area contributed by atoms with E-state index in [1.54, 1.807) is 10.6 Å². The quantitative estimate of drug-likeness (QED) is 0.463. The van der Waals surface area contributed by atoms with Gasteiger partial charge in [-0.15, -0.1) is 10.2 Å². The first-order valence-corrected chi connectivity index (χ1v) is 12.1. The number of carbonyl (C=O) groups is 1. The predicted molar refractivity (Wildman–Crippen MR) is 133 cm³/mol. The molecule has 0 bridgehead atoms. The molecule has 1 saturated carbocycles. The molecule has 2 aliphatic rings. The predicted octanol–water partition coefficient (Wildman–Crippen LogP) is 3.82. The summed E-state index contributed by atoms with van der Waals surface area (Å²) < 4.78 is 18.8. The number of halogens is 1. The van der Waals surface area contributed by atoms with Gasteiger partial charge in [-0.25, -0.2) is 13.9 Å². The van der Waals surface area contributed by atoms with Crippen molar-refractivity contribution in [3.05, 3.63) is 41.5 Å². The maximum Gasteiger partial charge on any atom is 0.250 e. The number of piperazine rings is 1. The Hall–Kier alpha value is -3.53. The van der Waals surface area contributed by atoms with Gasteiger partial charge in [-0.05, 0) is 64.3 Å². The van der Waals surface area contributed by atoms with E-state index in [2.05, 4.69) is 44.6 Å². The molecule has 182 valence electrons. The third-order valence-corrected chi connectivity index (χ3v) is 6.75. The molecule has 1 aliphatic heterocycles. The number of carbonyl (C=O) groups excluding carboxylic acids is 1. The van der Waals surface area contributed by atoms with Gasteiger partial charge in [0.05, 0.1) is 22.8 Å². The van der Waals surface area contributed by atoms with Crippen LogP contribution in [0.4, 0.5) is 21.7 Å². The Kier molecular flexibility index (Phi) is 5.03. The average molecular weight is 477 g/mol. The zero-order chi connectivity index (χ0) is 24.4. The van der Waals surface area contributed by atoms with E-state index in [0.29, 0.717) is 16.7 Å². The molecule has 3 aromatic heterocycles. The molecule has 4 aromatic rings. The number of imidazole rings is 1. The molecule has 2 atom stereocenters. The Bertz CT molecular complexity index is 1460. The van der Waals surface area contributed by atoms with Gasteiger partial charge in [-0.1, -0.05) is 0 Å². The number of aromatic nitrogens is 5. The summed E-state index contributed by atoms with van der Waals surface area (Å²) in [5.74, 6) is 0.230. The lowest BCUT2D eigenvalue weighted by Crippen LogP contribution is -2.54. The minimum absolute atomic E-state index is 0.0532. The molecule has 2 fully saturated rings. The van der Waals surface area contributed by atoms with Gasteiger partial charge < -0.3 is 15.5 Å². The van der Waals surface area contributed by atoms with Crippen LogP contribution in [0.25, 0.3) is 16.6 Å². The van der Waals surface area contributed by atoms with Crippen LogP contribution in [-0.2, 0) is 0 Å². The highest BCUT2D eigenvalue weighted by Crippen LogP contribution is 2.36. The van der Waals surface area contributed by atoms with Gasteiger partial charge in [-0.3, -0.25) is 4.79 Å². The maximum absolute atomic E-state index is 15.7. The lowest BCUT2D eigenvalue weighted by Gasteiger charge is -2.37. The Morgan fingerprint density at radius 1 is 1.11 bits per heavy atom. The summed E-state index contributed by atoms with van der Waals surface area (Å²) in [5, 5.41) is 16.1. The monoisotopic (exact) mass is 476 g/mol. The summed E-state index contributed by atoms with van der Waals surface area (Å²) in [6, 6.07) is 5.86. The van der Waals surface area contributed by atoms with Crippen molar-refractivity contribution in [1.29, 1.82) is 0 Å². The van der Waals surface area contributed by atoms with Crippen LogP contribution >= 0.6 is 0 Å². The largest absolute Gasteiger partial charge is 0.368 e. The molecule has 1 aromatic carbocycles. The SMILES string of the molecule is Cc1cn2nc(Nc3nn(C(=O)C4CC4)c4cc(N5C[C@@H](C)N[C@@H](C)C5)cc(F)c34)cc(C)c2n1. The minimum atomic E-state index is -0.412. The second kappa shape index (κ2) is 8.01.